The maximum absolute atomic E-state index is 12.4. The molecule has 96 valence electrons. The lowest BCUT2D eigenvalue weighted by Gasteiger charge is -2.16. The van der Waals surface area contributed by atoms with Crippen LogP contribution < -0.4 is 10.5 Å². The molecule has 0 aliphatic heterocycles. The van der Waals surface area contributed by atoms with Gasteiger partial charge in [0, 0.05) is 11.8 Å². The van der Waals surface area contributed by atoms with E-state index in [0.29, 0.717) is 24.3 Å². The Morgan fingerprint density at radius 1 is 1.29 bits per heavy atom. The molecule has 0 saturated carbocycles. The SMILES string of the molecule is CCC(CC)S(=O)(=O)c1ccc(N)cc1OC. The summed E-state index contributed by atoms with van der Waals surface area (Å²) in [5.74, 6) is 0.317. The standard InChI is InChI=1S/C12H19NO3S/c1-4-10(5-2)17(14,15)12-7-6-9(13)8-11(12)16-3/h6-8,10H,4-5,13H2,1-3H3. The minimum atomic E-state index is -3.34. The molecule has 0 radical (unpaired) electrons. The van der Waals surface area contributed by atoms with Gasteiger partial charge in [0.2, 0.25) is 0 Å². The Hall–Kier alpha value is -1.23. The highest BCUT2D eigenvalue weighted by molar-refractivity contribution is 7.92. The molecule has 0 spiro atoms. The second-order valence-corrected chi connectivity index (χ2v) is 6.09. The number of rotatable bonds is 5. The quantitative estimate of drug-likeness (QED) is 0.821. The first-order valence-electron chi connectivity index (χ1n) is 5.64. The molecule has 0 atom stereocenters. The Bertz CT molecular complexity index is 479. The summed E-state index contributed by atoms with van der Waals surface area (Å²) in [6.07, 6.45) is 1.18. The van der Waals surface area contributed by atoms with Crippen LogP contribution in [0.1, 0.15) is 26.7 Å². The lowest BCUT2D eigenvalue weighted by molar-refractivity contribution is 0.402. The number of nitrogens with two attached hydrogens (primary N) is 1. The maximum Gasteiger partial charge on any atom is 0.184 e. The van der Waals surface area contributed by atoms with Crippen LogP contribution in [0.4, 0.5) is 5.69 Å². The summed E-state index contributed by atoms with van der Waals surface area (Å²) in [5, 5.41) is -0.375. The zero-order chi connectivity index (χ0) is 13.1. The van der Waals surface area contributed by atoms with Crippen molar-refractivity contribution in [2.75, 3.05) is 12.8 Å². The Balaban J connectivity index is 3.32. The van der Waals surface area contributed by atoms with Gasteiger partial charge in [-0.15, -0.1) is 0 Å². The van der Waals surface area contributed by atoms with E-state index in [1.807, 2.05) is 13.8 Å². The number of nitrogen functional groups attached to an aromatic ring is 1. The van der Waals surface area contributed by atoms with Gasteiger partial charge in [-0.3, -0.25) is 0 Å². The summed E-state index contributed by atoms with van der Waals surface area (Å²) in [4.78, 5) is 0.225. The number of benzene rings is 1. The monoisotopic (exact) mass is 257 g/mol. The first kappa shape index (κ1) is 13.8. The van der Waals surface area contributed by atoms with Crippen LogP contribution >= 0.6 is 0 Å². The fourth-order valence-electron chi connectivity index (χ4n) is 1.83. The van der Waals surface area contributed by atoms with E-state index in [-0.39, 0.29) is 10.1 Å². The predicted molar refractivity (Wildman–Crippen MR) is 69.0 cm³/mol. The molecule has 0 aliphatic carbocycles. The zero-order valence-electron chi connectivity index (χ0n) is 10.4. The highest BCUT2D eigenvalue weighted by Gasteiger charge is 2.27. The smallest absolute Gasteiger partial charge is 0.184 e. The van der Waals surface area contributed by atoms with Crippen molar-refractivity contribution in [1.29, 1.82) is 0 Å². The van der Waals surface area contributed by atoms with Gasteiger partial charge >= 0.3 is 0 Å². The molecule has 0 heterocycles. The molecular weight excluding hydrogens is 238 g/mol. The summed E-state index contributed by atoms with van der Waals surface area (Å²) in [5.41, 5.74) is 6.10. The second-order valence-electron chi connectivity index (χ2n) is 3.89. The Labute approximate surface area is 103 Å². The van der Waals surface area contributed by atoms with E-state index in [0.717, 1.165) is 0 Å². The average molecular weight is 257 g/mol. The van der Waals surface area contributed by atoms with E-state index >= 15 is 0 Å². The zero-order valence-corrected chi connectivity index (χ0v) is 11.3. The van der Waals surface area contributed by atoms with E-state index in [4.69, 9.17) is 10.5 Å². The molecule has 0 bridgehead atoms. The number of hydrogen-bond donors (Lipinski definition) is 1. The molecule has 0 amide bonds. The summed E-state index contributed by atoms with van der Waals surface area (Å²) >= 11 is 0. The number of anilines is 1. The molecular formula is C12H19NO3S. The van der Waals surface area contributed by atoms with Crippen molar-refractivity contribution < 1.29 is 13.2 Å². The van der Waals surface area contributed by atoms with Crippen molar-refractivity contribution >= 4 is 15.5 Å². The van der Waals surface area contributed by atoms with Gasteiger partial charge in [0.25, 0.3) is 0 Å². The fourth-order valence-corrected chi connectivity index (χ4v) is 3.74. The van der Waals surface area contributed by atoms with E-state index in [1.54, 1.807) is 6.07 Å². The van der Waals surface area contributed by atoms with Gasteiger partial charge in [0.1, 0.15) is 10.6 Å². The molecule has 0 aliphatic rings. The predicted octanol–water partition coefficient (Wildman–Crippen LogP) is 2.24. The molecule has 4 nitrogen and oxygen atoms in total. The van der Waals surface area contributed by atoms with E-state index in [9.17, 15) is 8.42 Å². The van der Waals surface area contributed by atoms with E-state index in [1.165, 1.54) is 19.2 Å². The van der Waals surface area contributed by atoms with Crippen molar-refractivity contribution in [2.45, 2.75) is 36.8 Å². The molecule has 2 N–H and O–H groups in total. The summed E-state index contributed by atoms with van der Waals surface area (Å²) < 4.78 is 29.8. The Kier molecular flexibility index (Phi) is 4.40. The van der Waals surface area contributed by atoms with Crippen molar-refractivity contribution in [3.05, 3.63) is 18.2 Å². The topological polar surface area (TPSA) is 69.4 Å². The summed E-state index contributed by atoms with van der Waals surface area (Å²) in [6, 6.07) is 4.63. The van der Waals surface area contributed by atoms with Crippen LogP contribution in [0.15, 0.2) is 23.1 Å². The summed E-state index contributed by atoms with van der Waals surface area (Å²) in [6.45, 7) is 3.74. The van der Waals surface area contributed by atoms with Gasteiger partial charge in [-0.2, -0.15) is 0 Å². The molecule has 0 aromatic heterocycles. The third kappa shape index (κ3) is 2.72. The number of sulfone groups is 1. The third-order valence-electron chi connectivity index (χ3n) is 2.84. The van der Waals surface area contributed by atoms with E-state index < -0.39 is 9.84 Å². The number of methoxy groups -OCH3 is 1. The summed E-state index contributed by atoms with van der Waals surface area (Å²) in [7, 11) is -1.90. The molecule has 0 unspecified atom stereocenters. The Morgan fingerprint density at radius 3 is 2.35 bits per heavy atom. The number of hydrogen-bond acceptors (Lipinski definition) is 4. The highest BCUT2D eigenvalue weighted by atomic mass is 32.2. The lowest BCUT2D eigenvalue weighted by Crippen LogP contribution is -2.20. The van der Waals surface area contributed by atoms with Gasteiger partial charge in [-0.05, 0) is 25.0 Å². The van der Waals surface area contributed by atoms with Crippen LogP contribution in [-0.2, 0) is 9.84 Å². The third-order valence-corrected chi connectivity index (χ3v) is 5.34. The highest BCUT2D eigenvalue weighted by Crippen LogP contribution is 2.30. The van der Waals surface area contributed by atoms with E-state index in [2.05, 4.69) is 0 Å². The molecule has 1 aromatic carbocycles. The Morgan fingerprint density at radius 2 is 1.88 bits per heavy atom. The van der Waals surface area contributed by atoms with Gasteiger partial charge in [-0.1, -0.05) is 13.8 Å². The van der Waals surface area contributed by atoms with Gasteiger partial charge < -0.3 is 10.5 Å². The minimum Gasteiger partial charge on any atom is -0.495 e. The molecule has 17 heavy (non-hydrogen) atoms. The molecule has 1 aromatic rings. The van der Waals surface area contributed by atoms with Gasteiger partial charge in [0.05, 0.1) is 12.4 Å². The molecule has 0 fully saturated rings. The minimum absolute atomic E-state index is 0.225. The molecule has 1 rings (SSSR count). The fraction of sp³-hybridized carbons (Fsp3) is 0.500. The second kappa shape index (κ2) is 5.40. The van der Waals surface area contributed by atoms with Gasteiger partial charge in [0.15, 0.2) is 9.84 Å². The van der Waals surface area contributed by atoms with Crippen molar-refractivity contribution in [2.24, 2.45) is 0 Å². The molecule has 5 heteroatoms. The average Bonchev–Trinajstić information content (AvgIpc) is 2.29. The van der Waals surface area contributed by atoms with Crippen LogP contribution in [0.25, 0.3) is 0 Å². The van der Waals surface area contributed by atoms with Crippen LogP contribution in [0, 0.1) is 0 Å². The first-order valence-corrected chi connectivity index (χ1v) is 7.19. The van der Waals surface area contributed by atoms with Crippen LogP contribution in [0.3, 0.4) is 0 Å². The first-order chi connectivity index (χ1) is 7.97. The lowest BCUT2D eigenvalue weighted by atomic mass is 10.3. The van der Waals surface area contributed by atoms with Gasteiger partial charge in [-0.25, -0.2) is 8.42 Å². The van der Waals surface area contributed by atoms with Crippen LogP contribution in [0.2, 0.25) is 0 Å². The van der Waals surface area contributed by atoms with Crippen molar-refractivity contribution in [3.63, 3.8) is 0 Å². The largest absolute Gasteiger partial charge is 0.495 e. The normalized spacial score (nSPS) is 11.8. The number of ether oxygens (including phenoxy) is 1. The maximum atomic E-state index is 12.4. The molecule has 0 saturated heterocycles. The van der Waals surface area contributed by atoms with Crippen molar-refractivity contribution in [1.82, 2.24) is 0 Å². The van der Waals surface area contributed by atoms with Crippen LogP contribution in [0.5, 0.6) is 5.75 Å². The van der Waals surface area contributed by atoms with Crippen molar-refractivity contribution in [3.8, 4) is 5.75 Å². The van der Waals surface area contributed by atoms with Crippen LogP contribution in [-0.4, -0.2) is 20.8 Å².